The molecule has 10 aromatic rings. The van der Waals surface area contributed by atoms with E-state index in [-0.39, 0.29) is 0 Å². The van der Waals surface area contributed by atoms with Crippen LogP contribution in [-0.2, 0) is 0 Å². The van der Waals surface area contributed by atoms with Crippen molar-refractivity contribution in [1.82, 2.24) is 24.9 Å². The van der Waals surface area contributed by atoms with Crippen LogP contribution in [0.3, 0.4) is 0 Å². The van der Waals surface area contributed by atoms with Crippen LogP contribution in [-0.4, -0.2) is 24.9 Å². The van der Waals surface area contributed by atoms with E-state index in [0.717, 1.165) is 94.4 Å². The molecule has 55 heavy (non-hydrogen) atoms. The summed E-state index contributed by atoms with van der Waals surface area (Å²) in [6.45, 7) is 2.05. The van der Waals surface area contributed by atoms with Gasteiger partial charge in [0.2, 0.25) is 0 Å². The molecule has 0 radical (unpaired) electrons. The normalized spacial score (nSPS) is 11.4. The van der Waals surface area contributed by atoms with Gasteiger partial charge in [0, 0.05) is 55.9 Å². The third-order valence-corrected chi connectivity index (χ3v) is 10.2. The smallest absolute Gasteiger partial charge is 0.160 e. The van der Waals surface area contributed by atoms with Crippen LogP contribution < -0.4 is 0 Å². The van der Waals surface area contributed by atoms with E-state index in [9.17, 15) is 0 Å². The largest absolute Gasteiger partial charge is 0.256 e. The van der Waals surface area contributed by atoms with Crippen molar-refractivity contribution in [2.45, 2.75) is 6.92 Å². The fraction of sp³-hybridized carbons (Fsp3) is 0.0200. The van der Waals surface area contributed by atoms with E-state index < -0.39 is 0 Å². The summed E-state index contributed by atoms with van der Waals surface area (Å²) < 4.78 is 0. The zero-order valence-corrected chi connectivity index (χ0v) is 30.1. The van der Waals surface area contributed by atoms with Crippen molar-refractivity contribution in [2.75, 3.05) is 0 Å². The monoisotopic (exact) mass is 703 g/mol. The Bertz CT molecular complexity index is 3030. The van der Waals surface area contributed by atoms with Crippen molar-refractivity contribution in [2.24, 2.45) is 0 Å². The Morgan fingerprint density at radius 2 is 0.982 bits per heavy atom. The van der Waals surface area contributed by atoms with E-state index in [1.54, 1.807) is 0 Å². The lowest BCUT2D eigenvalue weighted by Gasteiger charge is -2.12. The lowest BCUT2D eigenvalue weighted by Crippen LogP contribution is -1.96. The molecule has 0 aliphatic heterocycles. The van der Waals surface area contributed by atoms with Gasteiger partial charge in [-0.2, -0.15) is 0 Å². The number of aryl methyl sites for hydroxylation is 1. The molecule has 4 aromatic heterocycles. The van der Waals surface area contributed by atoms with Crippen molar-refractivity contribution in [3.63, 3.8) is 0 Å². The SMILES string of the molecule is Cc1cc(-c2ccccc2)c2ccc3ccc(-c4ccc(-c5cc(-c6cccc(-c7cccc8cccnc78)c6)nc(-c6ccccc6)n5)cc4)nc3c2n1. The second-order valence-electron chi connectivity index (χ2n) is 13.8. The molecular formula is C50H33N5. The molecular weight excluding hydrogens is 671 g/mol. The fourth-order valence-electron chi connectivity index (χ4n) is 7.47. The van der Waals surface area contributed by atoms with Gasteiger partial charge in [0.1, 0.15) is 0 Å². The molecule has 5 nitrogen and oxygen atoms in total. The molecule has 258 valence electrons. The van der Waals surface area contributed by atoms with Crippen molar-refractivity contribution in [1.29, 1.82) is 0 Å². The Hall–Kier alpha value is -7.37. The molecule has 0 atom stereocenters. The van der Waals surface area contributed by atoms with Crippen molar-refractivity contribution < 1.29 is 0 Å². The Balaban J connectivity index is 1.05. The average Bonchev–Trinajstić information content (AvgIpc) is 3.26. The van der Waals surface area contributed by atoms with Gasteiger partial charge in [-0.05, 0) is 53.9 Å². The molecule has 0 N–H and O–H groups in total. The number of pyridine rings is 3. The molecule has 0 unspecified atom stereocenters. The van der Waals surface area contributed by atoms with E-state index in [4.69, 9.17) is 24.9 Å². The lowest BCUT2D eigenvalue weighted by molar-refractivity contribution is 1.18. The number of fused-ring (bicyclic) bond motifs is 4. The maximum atomic E-state index is 5.22. The van der Waals surface area contributed by atoms with E-state index >= 15 is 0 Å². The fourth-order valence-corrected chi connectivity index (χ4v) is 7.47. The highest BCUT2D eigenvalue weighted by molar-refractivity contribution is 6.08. The summed E-state index contributed by atoms with van der Waals surface area (Å²) in [6, 6.07) is 60.9. The molecule has 4 heterocycles. The van der Waals surface area contributed by atoms with Gasteiger partial charge in [0.05, 0.1) is 33.6 Å². The minimum absolute atomic E-state index is 0.676. The van der Waals surface area contributed by atoms with Crippen LogP contribution in [0.4, 0.5) is 0 Å². The van der Waals surface area contributed by atoms with Crippen LogP contribution >= 0.6 is 0 Å². The maximum Gasteiger partial charge on any atom is 0.160 e. The third kappa shape index (κ3) is 6.08. The minimum Gasteiger partial charge on any atom is -0.256 e. The zero-order valence-electron chi connectivity index (χ0n) is 30.1. The highest BCUT2D eigenvalue weighted by atomic mass is 14.9. The van der Waals surface area contributed by atoms with Gasteiger partial charge in [0.25, 0.3) is 0 Å². The molecule has 0 saturated heterocycles. The van der Waals surface area contributed by atoms with Crippen LogP contribution in [0.5, 0.6) is 0 Å². The van der Waals surface area contributed by atoms with Crippen molar-refractivity contribution in [3.05, 3.63) is 188 Å². The number of benzene rings is 6. The number of nitrogens with zero attached hydrogens (tertiary/aromatic N) is 5. The Morgan fingerprint density at radius 3 is 1.78 bits per heavy atom. The van der Waals surface area contributed by atoms with Crippen LogP contribution in [0.25, 0.3) is 100 Å². The van der Waals surface area contributed by atoms with Gasteiger partial charge in [-0.3, -0.25) is 9.97 Å². The second-order valence-corrected chi connectivity index (χ2v) is 13.8. The topological polar surface area (TPSA) is 64.5 Å². The highest BCUT2D eigenvalue weighted by Gasteiger charge is 2.15. The predicted octanol–water partition coefficient (Wildman–Crippen LogP) is 12.4. The molecule has 0 amide bonds. The molecule has 6 aromatic carbocycles. The summed E-state index contributed by atoms with van der Waals surface area (Å²) in [5, 5.41) is 3.27. The summed E-state index contributed by atoms with van der Waals surface area (Å²) >= 11 is 0. The summed E-state index contributed by atoms with van der Waals surface area (Å²) in [7, 11) is 0. The Labute approximate surface area is 318 Å². The van der Waals surface area contributed by atoms with Gasteiger partial charge in [-0.1, -0.05) is 146 Å². The van der Waals surface area contributed by atoms with Crippen LogP contribution in [0.2, 0.25) is 0 Å². The van der Waals surface area contributed by atoms with Gasteiger partial charge < -0.3 is 0 Å². The number of aromatic nitrogens is 5. The van der Waals surface area contributed by atoms with E-state index in [1.165, 1.54) is 5.56 Å². The molecule has 0 bridgehead atoms. The molecule has 0 saturated carbocycles. The Kier molecular flexibility index (Phi) is 7.96. The van der Waals surface area contributed by atoms with Crippen molar-refractivity contribution in [3.8, 4) is 67.4 Å². The van der Waals surface area contributed by atoms with Crippen LogP contribution in [0, 0.1) is 6.92 Å². The zero-order chi connectivity index (χ0) is 36.7. The standard InChI is InChI=1S/C50H33N5/c1-32-29-43(33-11-4-2-5-12-33)42-26-24-37-25-27-44(53-48(37)49(42)52-32)34-20-22-35(23-21-34)45-31-46(55-50(54-45)38-13-6-3-7-14-38)40-17-8-16-39(30-40)41-19-9-15-36-18-10-28-51-47(36)41/h2-31H,1H3. The first-order chi connectivity index (χ1) is 27.1. The molecule has 5 heteroatoms. The van der Waals surface area contributed by atoms with Crippen LogP contribution in [0.15, 0.2) is 182 Å². The first-order valence-electron chi connectivity index (χ1n) is 18.4. The van der Waals surface area contributed by atoms with E-state index in [1.807, 2.05) is 43.5 Å². The first kappa shape index (κ1) is 32.3. The summed E-state index contributed by atoms with van der Waals surface area (Å²) in [4.78, 5) is 25.1. The number of rotatable bonds is 6. The highest BCUT2D eigenvalue weighted by Crippen LogP contribution is 2.35. The lowest BCUT2D eigenvalue weighted by atomic mass is 9.98. The maximum absolute atomic E-state index is 5.22. The van der Waals surface area contributed by atoms with Gasteiger partial charge in [-0.25, -0.2) is 15.0 Å². The molecule has 0 aliphatic rings. The predicted molar refractivity (Wildman–Crippen MR) is 225 cm³/mol. The number of hydrogen-bond acceptors (Lipinski definition) is 5. The van der Waals surface area contributed by atoms with E-state index in [0.29, 0.717) is 5.82 Å². The van der Waals surface area contributed by atoms with E-state index in [2.05, 4.69) is 146 Å². The van der Waals surface area contributed by atoms with Gasteiger partial charge in [0.15, 0.2) is 5.82 Å². The molecule has 0 fully saturated rings. The second kappa shape index (κ2) is 13.6. The van der Waals surface area contributed by atoms with Crippen molar-refractivity contribution >= 4 is 32.7 Å². The van der Waals surface area contributed by atoms with Gasteiger partial charge >= 0.3 is 0 Å². The third-order valence-electron chi connectivity index (χ3n) is 10.2. The molecule has 0 aliphatic carbocycles. The molecule has 0 spiro atoms. The average molecular weight is 704 g/mol. The molecule has 10 rings (SSSR count). The summed E-state index contributed by atoms with van der Waals surface area (Å²) in [5.74, 6) is 0.676. The number of para-hydroxylation sites is 1. The summed E-state index contributed by atoms with van der Waals surface area (Å²) in [5.41, 5.74) is 14.8. The summed E-state index contributed by atoms with van der Waals surface area (Å²) in [6.07, 6.45) is 1.85. The Morgan fingerprint density at radius 1 is 0.345 bits per heavy atom. The van der Waals surface area contributed by atoms with Gasteiger partial charge in [-0.15, -0.1) is 0 Å². The minimum atomic E-state index is 0.676. The number of hydrogen-bond donors (Lipinski definition) is 0. The van der Waals surface area contributed by atoms with Crippen LogP contribution in [0.1, 0.15) is 5.69 Å². The first-order valence-corrected chi connectivity index (χ1v) is 18.4. The quantitative estimate of drug-likeness (QED) is 0.161.